The van der Waals surface area contributed by atoms with E-state index in [0.717, 1.165) is 45.2 Å². The van der Waals surface area contributed by atoms with Crippen LogP contribution in [0.2, 0.25) is 0 Å². The monoisotopic (exact) mass is 356 g/mol. The fourth-order valence-electron chi connectivity index (χ4n) is 4.95. The van der Waals surface area contributed by atoms with Gasteiger partial charge in [0.1, 0.15) is 0 Å². The summed E-state index contributed by atoms with van der Waals surface area (Å²) in [6, 6.07) is 8.26. The van der Waals surface area contributed by atoms with E-state index >= 15 is 0 Å². The lowest BCUT2D eigenvalue weighted by Crippen LogP contribution is -2.47. The third-order valence-corrected chi connectivity index (χ3v) is 6.61. The van der Waals surface area contributed by atoms with Gasteiger partial charge in [0.25, 0.3) is 0 Å². The number of carbonyl (C=O) groups excluding carboxylic acids is 2. The lowest BCUT2D eigenvalue weighted by atomic mass is 9.83. The second-order valence-electron chi connectivity index (χ2n) is 8.16. The molecule has 1 saturated carbocycles. The Kier molecular flexibility index (Phi) is 4.51. The Morgan fingerprint density at radius 1 is 1.15 bits per heavy atom. The molecule has 5 nitrogen and oxygen atoms in total. The standard InChI is InChI=1S/C21H28N2O3/c1-14-4-2-3-5-17(14)21(9-10-21)20(25)23-11-6-15(7-12-23)18-16(19(22)24)8-13-26-18/h2-5,15-16,18H,6-13H2,1H3,(H2,22,24)/t16-,18+/m0/s1. The van der Waals surface area contributed by atoms with E-state index < -0.39 is 0 Å². The molecule has 1 aromatic carbocycles. The van der Waals surface area contributed by atoms with Gasteiger partial charge in [-0.3, -0.25) is 9.59 Å². The number of piperidine rings is 1. The van der Waals surface area contributed by atoms with Crippen LogP contribution in [0.3, 0.4) is 0 Å². The van der Waals surface area contributed by atoms with Gasteiger partial charge in [-0.25, -0.2) is 0 Å². The van der Waals surface area contributed by atoms with Crippen molar-refractivity contribution in [1.29, 1.82) is 0 Å². The molecule has 26 heavy (non-hydrogen) atoms. The minimum atomic E-state index is -0.294. The Labute approximate surface area is 154 Å². The van der Waals surface area contributed by atoms with Gasteiger partial charge in [0, 0.05) is 19.7 Å². The first-order valence-electron chi connectivity index (χ1n) is 9.79. The van der Waals surface area contributed by atoms with Gasteiger partial charge in [-0.2, -0.15) is 0 Å². The molecular weight excluding hydrogens is 328 g/mol. The molecule has 0 radical (unpaired) electrons. The van der Waals surface area contributed by atoms with Gasteiger partial charge in [0.05, 0.1) is 17.4 Å². The maximum atomic E-state index is 13.3. The Hall–Kier alpha value is -1.88. The number of hydrogen-bond acceptors (Lipinski definition) is 3. The summed E-state index contributed by atoms with van der Waals surface area (Å²) in [4.78, 5) is 26.9. The van der Waals surface area contributed by atoms with Gasteiger partial charge in [-0.05, 0) is 56.1 Å². The number of benzene rings is 1. The highest BCUT2D eigenvalue weighted by Crippen LogP contribution is 2.51. The van der Waals surface area contributed by atoms with Crippen molar-refractivity contribution >= 4 is 11.8 Å². The van der Waals surface area contributed by atoms with Crippen LogP contribution in [0, 0.1) is 18.8 Å². The van der Waals surface area contributed by atoms with Crippen molar-refractivity contribution in [3.8, 4) is 0 Å². The molecule has 0 bridgehead atoms. The SMILES string of the molecule is Cc1ccccc1C1(C(=O)N2CCC([C@H]3OCC[C@@H]3C(N)=O)CC2)CC1. The molecule has 3 fully saturated rings. The first kappa shape index (κ1) is 17.5. The maximum Gasteiger partial charge on any atom is 0.233 e. The predicted octanol–water partition coefficient (Wildman–Crippen LogP) is 2.16. The summed E-state index contributed by atoms with van der Waals surface area (Å²) in [6.07, 6.45) is 4.36. The van der Waals surface area contributed by atoms with Crippen LogP contribution in [0.25, 0.3) is 0 Å². The van der Waals surface area contributed by atoms with Crippen molar-refractivity contribution in [3.63, 3.8) is 0 Å². The molecule has 3 aliphatic rings. The zero-order valence-electron chi connectivity index (χ0n) is 15.4. The summed E-state index contributed by atoms with van der Waals surface area (Å²) in [5, 5.41) is 0. The van der Waals surface area contributed by atoms with Crippen molar-refractivity contribution in [2.24, 2.45) is 17.6 Å². The molecule has 2 aliphatic heterocycles. The average molecular weight is 356 g/mol. The number of rotatable bonds is 4. The van der Waals surface area contributed by atoms with Crippen molar-refractivity contribution in [2.75, 3.05) is 19.7 Å². The molecule has 2 amide bonds. The van der Waals surface area contributed by atoms with Gasteiger partial charge in [-0.1, -0.05) is 24.3 Å². The molecule has 2 atom stereocenters. The van der Waals surface area contributed by atoms with E-state index in [4.69, 9.17) is 10.5 Å². The summed E-state index contributed by atoms with van der Waals surface area (Å²) in [5.41, 5.74) is 7.64. The zero-order valence-corrected chi connectivity index (χ0v) is 15.4. The minimum absolute atomic E-state index is 0.0593. The van der Waals surface area contributed by atoms with E-state index in [1.165, 1.54) is 11.1 Å². The van der Waals surface area contributed by atoms with Crippen LogP contribution in [-0.4, -0.2) is 42.5 Å². The van der Waals surface area contributed by atoms with E-state index in [-0.39, 0.29) is 29.3 Å². The number of ether oxygens (including phenoxy) is 1. The second kappa shape index (κ2) is 6.69. The van der Waals surface area contributed by atoms with Crippen molar-refractivity contribution in [3.05, 3.63) is 35.4 Å². The number of hydrogen-bond donors (Lipinski definition) is 1. The predicted molar refractivity (Wildman–Crippen MR) is 98.4 cm³/mol. The minimum Gasteiger partial charge on any atom is -0.377 e. The van der Waals surface area contributed by atoms with Crippen molar-refractivity contribution in [1.82, 2.24) is 4.90 Å². The van der Waals surface area contributed by atoms with Crippen LogP contribution in [0.4, 0.5) is 0 Å². The fraction of sp³-hybridized carbons (Fsp3) is 0.619. The topological polar surface area (TPSA) is 72.6 Å². The third-order valence-electron chi connectivity index (χ3n) is 6.61. The Morgan fingerprint density at radius 2 is 1.85 bits per heavy atom. The first-order chi connectivity index (χ1) is 12.5. The highest BCUT2D eigenvalue weighted by Gasteiger charge is 2.54. The highest BCUT2D eigenvalue weighted by atomic mass is 16.5. The molecule has 2 N–H and O–H groups in total. The fourth-order valence-corrected chi connectivity index (χ4v) is 4.95. The maximum absolute atomic E-state index is 13.3. The molecule has 1 aromatic rings. The van der Waals surface area contributed by atoms with Crippen LogP contribution in [0.1, 0.15) is 43.2 Å². The zero-order chi connectivity index (χ0) is 18.3. The summed E-state index contributed by atoms with van der Waals surface area (Å²) < 4.78 is 5.82. The summed E-state index contributed by atoms with van der Waals surface area (Å²) >= 11 is 0. The molecule has 1 aliphatic carbocycles. The third kappa shape index (κ3) is 2.92. The van der Waals surface area contributed by atoms with Gasteiger partial charge in [0.15, 0.2) is 0 Å². The molecule has 0 aromatic heterocycles. The number of nitrogens with zero attached hydrogens (tertiary/aromatic N) is 1. The number of likely N-dealkylation sites (tertiary alicyclic amines) is 1. The van der Waals surface area contributed by atoms with E-state index in [2.05, 4.69) is 19.1 Å². The number of amides is 2. The molecule has 0 unspecified atom stereocenters. The highest BCUT2D eigenvalue weighted by molar-refractivity contribution is 5.91. The summed E-state index contributed by atoms with van der Waals surface area (Å²) in [6.45, 7) is 4.22. The van der Waals surface area contributed by atoms with E-state index in [1.807, 2.05) is 17.0 Å². The van der Waals surface area contributed by atoms with Crippen LogP contribution in [0.15, 0.2) is 24.3 Å². The molecule has 4 rings (SSSR count). The van der Waals surface area contributed by atoms with Crippen molar-refractivity contribution < 1.29 is 14.3 Å². The second-order valence-corrected chi connectivity index (χ2v) is 8.16. The molecule has 140 valence electrons. The van der Waals surface area contributed by atoms with E-state index in [1.54, 1.807) is 0 Å². The molecular formula is C21H28N2O3. The average Bonchev–Trinajstić information content (AvgIpc) is 3.29. The summed E-state index contributed by atoms with van der Waals surface area (Å²) in [5.74, 6) is 0.197. The van der Waals surface area contributed by atoms with Gasteiger partial charge in [0.2, 0.25) is 11.8 Å². The van der Waals surface area contributed by atoms with Gasteiger partial charge < -0.3 is 15.4 Å². The van der Waals surface area contributed by atoms with Gasteiger partial charge >= 0.3 is 0 Å². The molecule has 0 spiro atoms. The van der Waals surface area contributed by atoms with Crippen molar-refractivity contribution in [2.45, 2.75) is 50.5 Å². The molecule has 5 heteroatoms. The number of aryl methyl sites for hydroxylation is 1. The Balaban J connectivity index is 1.42. The van der Waals surface area contributed by atoms with Crippen LogP contribution < -0.4 is 5.73 Å². The van der Waals surface area contributed by atoms with Gasteiger partial charge in [-0.15, -0.1) is 0 Å². The lowest BCUT2D eigenvalue weighted by Gasteiger charge is -2.37. The normalized spacial score (nSPS) is 28.1. The lowest BCUT2D eigenvalue weighted by molar-refractivity contribution is -0.137. The quantitative estimate of drug-likeness (QED) is 0.898. The smallest absolute Gasteiger partial charge is 0.233 e. The van der Waals surface area contributed by atoms with E-state index in [0.29, 0.717) is 12.5 Å². The first-order valence-corrected chi connectivity index (χ1v) is 9.79. The number of carbonyl (C=O) groups is 2. The Morgan fingerprint density at radius 3 is 2.46 bits per heavy atom. The van der Waals surface area contributed by atoms with Crippen LogP contribution in [0.5, 0.6) is 0 Å². The largest absolute Gasteiger partial charge is 0.377 e. The van der Waals surface area contributed by atoms with E-state index in [9.17, 15) is 9.59 Å². The van der Waals surface area contributed by atoms with Crippen LogP contribution >= 0.6 is 0 Å². The molecule has 2 saturated heterocycles. The Bertz CT molecular complexity index is 705. The number of nitrogens with two attached hydrogens (primary N) is 1. The summed E-state index contributed by atoms with van der Waals surface area (Å²) in [7, 11) is 0. The number of primary amides is 1. The molecule has 2 heterocycles. The van der Waals surface area contributed by atoms with Crippen LogP contribution in [-0.2, 0) is 19.7 Å².